The van der Waals surface area contributed by atoms with Gasteiger partial charge < -0.3 is 0 Å². The molecule has 1 saturated heterocycles. The van der Waals surface area contributed by atoms with E-state index >= 15 is 0 Å². The summed E-state index contributed by atoms with van der Waals surface area (Å²) in [4.78, 5) is 0. The van der Waals surface area contributed by atoms with Gasteiger partial charge in [0.05, 0.1) is 5.69 Å². The van der Waals surface area contributed by atoms with Crippen LogP contribution in [0.1, 0.15) is 17.5 Å². The summed E-state index contributed by atoms with van der Waals surface area (Å²) < 4.78 is 27.3. The van der Waals surface area contributed by atoms with Crippen molar-refractivity contribution < 1.29 is 8.42 Å². The average molecular weight is 254 g/mol. The summed E-state index contributed by atoms with van der Waals surface area (Å²) >= 11 is 0. The van der Waals surface area contributed by atoms with E-state index in [2.05, 4.69) is 0 Å². The fourth-order valence-corrected chi connectivity index (χ4v) is 3.68. The summed E-state index contributed by atoms with van der Waals surface area (Å²) in [7, 11) is -1.69. The molecule has 0 aromatic heterocycles. The first kappa shape index (κ1) is 12.4. The molecule has 4 nitrogen and oxygen atoms in total. The third-order valence-corrected chi connectivity index (χ3v) is 5.03. The van der Waals surface area contributed by atoms with Crippen LogP contribution in [0, 0.1) is 13.8 Å². The van der Waals surface area contributed by atoms with E-state index in [1.807, 2.05) is 32.0 Å². The van der Waals surface area contributed by atoms with Gasteiger partial charge in [-0.05, 0) is 31.9 Å². The highest BCUT2D eigenvalue weighted by Gasteiger charge is 2.31. The molecule has 1 aromatic carbocycles. The fraction of sp³-hybridized carbons (Fsp3) is 0.500. The normalized spacial score (nSPS) is 20.5. The van der Waals surface area contributed by atoms with Crippen LogP contribution in [-0.2, 0) is 10.2 Å². The Kier molecular flexibility index (Phi) is 3.14. The lowest BCUT2D eigenvalue weighted by atomic mass is 10.1. The highest BCUT2D eigenvalue weighted by Crippen LogP contribution is 2.27. The zero-order chi connectivity index (χ0) is 12.6. The summed E-state index contributed by atoms with van der Waals surface area (Å²) in [5.74, 6) is 0. The third-order valence-electron chi connectivity index (χ3n) is 3.13. The highest BCUT2D eigenvalue weighted by atomic mass is 32.2. The Balaban J connectivity index is 2.45. The first-order valence-electron chi connectivity index (χ1n) is 5.74. The molecule has 1 aliphatic heterocycles. The van der Waals surface area contributed by atoms with Crippen LogP contribution >= 0.6 is 0 Å². The second-order valence-corrected chi connectivity index (χ2v) is 6.50. The Labute approximate surface area is 103 Å². The molecule has 1 fully saturated rings. The van der Waals surface area contributed by atoms with E-state index in [1.54, 1.807) is 7.05 Å². The van der Waals surface area contributed by atoms with Gasteiger partial charge in [0.25, 0.3) is 0 Å². The van der Waals surface area contributed by atoms with Gasteiger partial charge in [-0.15, -0.1) is 0 Å². The summed E-state index contributed by atoms with van der Waals surface area (Å²) in [6, 6.07) is 5.85. The molecule has 0 atom stereocenters. The molecule has 0 saturated carbocycles. The van der Waals surface area contributed by atoms with E-state index in [0.29, 0.717) is 13.1 Å². The highest BCUT2D eigenvalue weighted by molar-refractivity contribution is 7.90. The van der Waals surface area contributed by atoms with Gasteiger partial charge in [-0.25, -0.2) is 0 Å². The van der Waals surface area contributed by atoms with Crippen molar-refractivity contribution in [2.45, 2.75) is 20.3 Å². The maximum absolute atomic E-state index is 12.2. The molecule has 0 N–H and O–H groups in total. The molecule has 0 aliphatic carbocycles. The molecule has 1 heterocycles. The van der Waals surface area contributed by atoms with Crippen LogP contribution in [0.2, 0.25) is 0 Å². The van der Waals surface area contributed by atoms with Crippen molar-refractivity contribution in [3.63, 3.8) is 0 Å². The number of aryl methyl sites for hydroxylation is 2. The number of rotatable bonds is 1. The zero-order valence-electron chi connectivity index (χ0n) is 10.5. The number of anilines is 1. The topological polar surface area (TPSA) is 40.6 Å². The van der Waals surface area contributed by atoms with Crippen molar-refractivity contribution in [2.75, 3.05) is 24.4 Å². The van der Waals surface area contributed by atoms with Crippen LogP contribution in [0.25, 0.3) is 0 Å². The summed E-state index contributed by atoms with van der Waals surface area (Å²) in [6.45, 7) is 5.13. The molecule has 5 heteroatoms. The summed E-state index contributed by atoms with van der Waals surface area (Å²) in [6.07, 6.45) is 0.864. The SMILES string of the molecule is Cc1ccc(N2CCCN(C)S2(=O)=O)c(C)c1. The van der Waals surface area contributed by atoms with Gasteiger partial charge >= 0.3 is 10.2 Å². The Bertz CT molecular complexity index is 525. The van der Waals surface area contributed by atoms with Gasteiger partial charge in [0, 0.05) is 20.1 Å². The van der Waals surface area contributed by atoms with E-state index < -0.39 is 10.2 Å². The van der Waals surface area contributed by atoms with Gasteiger partial charge in [0.2, 0.25) is 0 Å². The van der Waals surface area contributed by atoms with Crippen LogP contribution in [0.4, 0.5) is 5.69 Å². The number of nitrogens with zero attached hydrogens (tertiary/aromatic N) is 2. The van der Waals surface area contributed by atoms with Crippen LogP contribution in [-0.4, -0.2) is 32.9 Å². The van der Waals surface area contributed by atoms with Crippen LogP contribution in [0.15, 0.2) is 18.2 Å². The number of hydrogen-bond donors (Lipinski definition) is 0. The van der Waals surface area contributed by atoms with E-state index in [4.69, 9.17) is 0 Å². The smallest absolute Gasteiger partial charge is 0.257 e. The molecule has 2 rings (SSSR count). The second-order valence-electron chi connectivity index (χ2n) is 4.54. The predicted molar refractivity (Wildman–Crippen MR) is 69.4 cm³/mol. The minimum Gasteiger partial charge on any atom is -0.257 e. The molecule has 0 unspecified atom stereocenters. The van der Waals surface area contributed by atoms with E-state index in [1.165, 1.54) is 8.61 Å². The maximum atomic E-state index is 12.2. The minimum atomic E-state index is -3.32. The molecule has 0 bridgehead atoms. The molecule has 1 aromatic rings. The fourth-order valence-electron chi connectivity index (χ4n) is 2.17. The monoisotopic (exact) mass is 254 g/mol. The van der Waals surface area contributed by atoms with Gasteiger partial charge in [-0.3, -0.25) is 4.31 Å². The number of hydrogen-bond acceptors (Lipinski definition) is 2. The van der Waals surface area contributed by atoms with Crippen molar-refractivity contribution in [1.29, 1.82) is 0 Å². The lowest BCUT2D eigenvalue weighted by Crippen LogP contribution is -2.48. The molecule has 0 amide bonds. The van der Waals surface area contributed by atoms with E-state index in [0.717, 1.165) is 23.2 Å². The van der Waals surface area contributed by atoms with Crippen molar-refractivity contribution in [3.8, 4) is 0 Å². The molecular formula is C12H18N2O2S. The van der Waals surface area contributed by atoms with E-state index in [-0.39, 0.29) is 0 Å². The Morgan fingerprint density at radius 2 is 1.88 bits per heavy atom. The van der Waals surface area contributed by atoms with Crippen molar-refractivity contribution in [1.82, 2.24) is 4.31 Å². The Morgan fingerprint density at radius 3 is 2.53 bits per heavy atom. The third kappa shape index (κ3) is 2.17. The van der Waals surface area contributed by atoms with Gasteiger partial charge in [-0.2, -0.15) is 12.7 Å². The average Bonchev–Trinajstić information content (AvgIpc) is 2.23. The van der Waals surface area contributed by atoms with Crippen LogP contribution < -0.4 is 4.31 Å². The van der Waals surface area contributed by atoms with Gasteiger partial charge in [-0.1, -0.05) is 17.7 Å². The largest absolute Gasteiger partial charge is 0.303 e. The van der Waals surface area contributed by atoms with Crippen LogP contribution in [0.5, 0.6) is 0 Å². The molecule has 0 spiro atoms. The predicted octanol–water partition coefficient (Wildman–Crippen LogP) is 1.69. The first-order chi connectivity index (χ1) is 7.93. The Morgan fingerprint density at radius 1 is 1.18 bits per heavy atom. The molecule has 17 heavy (non-hydrogen) atoms. The summed E-state index contributed by atoms with van der Waals surface area (Å²) in [5.41, 5.74) is 2.94. The van der Waals surface area contributed by atoms with Gasteiger partial charge in [0.1, 0.15) is 0 Å². The molecule has 94 valence electrons. The van der Waals surface area contributed by atoms with Crippen molar-refractivity contribution in [3.05, 3.63) is 29.3 Å². The standard InChI is InChI=1S/C12H18N2O2S/c1-10-5-6-12(11(2)9-10)14-8-4-7-13(3)17(14,15)16/h5-6,9H,4,7-8H2,1-3H3. The first-order valence-corrected chi connectivity index (χ1v) is 7.14. The lowest BCUT2D eigenvalue weighted by molar-refractivity contribution is 0.438. The molecule has 1 aliphatic rings. The zero-order valence-corrected chi connectivity index (χ0v) is 11.3. The summed E-state index contributed by atoms with van der Waals surface area (Å²) in [5, 5.41) is 0. The maximum Gasteiger partial charge on any atom is 0.303 e. The van der Waals surface area contributed by atoms with E-state index in [9.17, 15) is 8.42 Å². The lowest BCUT2D eigenvalue weighted by Gasteiger charge is -2.34. The second kappa shape index (κ2) is 4.31. The van der Waals surface area contributed by atoms with Crippen molar-refractivity contribution >= 4 is 15.9 Å². The Hall–Kier alpha value is -1.07. The molecule has 0 radical (unpaired) electrons. The van der Waals surface area contributed by atoms with Gasteiger partial charge in [0.15, 0.2) is 0 Å². The molecular weight excluding hydrogens is 236 g/mol. The van der Waals surface area contributed by atoms with Crippen molar-refractivity contribution in [2.24, 2.45) is 0 Å². The quantitative estimate of drug-likeness (QED) is 0.765. The minimum absolute atomic E-state index is 0.566. The number of benzene rings is 1. The van der Waals surface area contributed by atoms with Crippen LogP contribution in [0.3, 0.4) is 0 Å².